The molecule has 10 aromatic carbocycles. The van der Waals surface area contributed by atoms with Gasteiger partial charge in [-0.1, -0.05) is 182 Å². The molecule has 0 aliphatic carbocycles. The summed E-state index contributed by atoms with van der Waals surface area (Å²) in [7, 11) is 0. The molecule has 0 N–H and O–H groups in total. The fourth-order valence-corrected chi connectivity index (χ4v) is 8.86. The number of aromatic nitrogens is 1. The van der Waals surface area contributed by atoms with Crippen LogP contribution in [0, 0.1) is 0 Å². The summed E-state index contributed by atoms with van der Waals surface area (Å²) < 4.78 is 2.39. The lowest BCUT2D eigenvalue weighted by molar-refractivity contribution is 1.18. The first-order chi connectivity index (χ1) is 30.7. The van der Waals surface area contributed by atoms with Crippen LogP contribution >= 0.6 is 0 Å². The highest BCUT2D eigenvalue weighted by Gasteiger charge is 2.16. The lowest BCUT2D eigenvalue weighted by Gasteiger charge is -2.26. The van der Waals surface area contributed by atoms with Crippen LogP contribution in [0.2, 0.25) is 0 Å². The summed E-state index contributed by atoms with van der Waals surface area (Å²) in [6, 6.07) is 91.9. The quantitative estimate of drug-likeness (QED) is 0.141. The van der Waals surface area contributed by atoms with Gasteiger partial charge in [0.2, 0.25) is 0 Å². The monoisotopic (exact) mass is 790 g/mol. The van der Waals surface area contributed by atoms with Crippen LogP contribution in [-0.2, 0) is 0 Å². The maximum atomic E-state index is 2.39. The fraction of sp³-hybridized carbons (Fsp3) is 0. The first-order valence-electron chi connectivity index (χ1n) is 21.2. The van der Waals surface area contributed by atoms with Gasteiger partial charge in [-0.05, 0) is 128 Å². The van der Waals surface area contributed by atoms with E-state index in [1.54, 1.807) is 0 Å². The molecule has 2 nitrogen and oxygen atoms in total. The molecule has 0 saturated carbocycles. The van der Waals surface area contributed by atoms with Crippen molar-refractivity contribution in [2.45, 2.75) is 0 Å². The number of rotatable bonds is 9. The van der Waals surface area contributed by atoms with E-state index in [1.165, 1.54) is 77.4 Å². The summed E-state index contributed by atoms with van der Waals surface area (Å²) in [4.78, 5) is 2.34. The molecule has 292 valence electrons. The molecule has 0 saturated heterocycles. The molecule has 0 spiro atoms. The van der Waals surface area contributed by atoms with E-state index in [9.17, 15) is 0 Å². The van der Waals surface area contributed by atoms with Gasteiger partial charge in [0.25, 0.3) is 0 Å². The first kappa shape index (κ1) is 36.8. The fourth-order valence-electron chi connectivity index (χ4n) is 8.86. The molecule has 0 radical (unpaired) electrons. The Balaban J connectivity index is 0.894. The zero-order valence-electron chi connectivity index (χ0n) is 34.1. The van der Waals surface area contributed by atoms with Crippen molar-refractivity contribution < 1.29 is 0 Å². The molecule has 11 aromatic rings. The highest BCUT2D eigenvalue weighted by Crippen LogP contribution is 2.39. The third-order valence-electron chi connectivity index (χ3n) is 12.0. The van der Waals surface area contributed by atoms with Crippen molar-refractivity contribution in [1.29, 1.82) is 0 Å². The molecule has 0 atom stereocenters. The predicted molar refractivity (Wildman–Crippen MR) is 263 cm³/mol. The van der Waals surface area contributed by atoms with Gasteiger partial charge in [0.1, 0.15) is 0 Å². The Morgan fingerprint density at radius 1 is 0.226 bits per heavy atom. The Morgan fingerprint density at radius 3 is 1.06 bits per heavy atom. The van der Waals surface area contributed by atoms with E-state index in [4.69, 9.17) is 0 Å². The smallest absolute Gasteiger partial charge is 0.0541 e. The standard InChI is InChI=1S/C60H42N2/c1-4-13-43(14-5-1)46-23-32-53(33-24-46)61(54-34-25-47(26-35-54)44-15-6-2-7-16-44)55-36-27-48(28-37-55)50-19-12-20-51(41-50)49-29-38-56(39-30-49)62-59-22-11-10-21-57(59)58-42-52(31-40-60(58)62)45-17-8-3-9-18-45/h1-42H. The van der Waals surface area contributed by atoms with E-state index in [0.717, 1.165) is 22.7 Å². The van der Waals surface area contributed by atoms with Crippen LogP contribution in [0.1, 0.15) is 0 Å². The van der Waals surface area contributed by atoms with E-state index in [-0.39, 0.29) is 0 Å². The average molecular weight is 791 g/mol. The Morgan fingerprint density at radius 2 is 0.565 bits per heavy atom. The largest absolute Gasteiger partial charge is 0.311 e. The number of hydrogen-bond acceptors (Lipinski definition) is 1. The van der Waals surface area contributed by atoms with Crippen molar-refractivity contribution in [1.82, 2.24) is 4.57 Å². The van der Waals surface area contributed by atoms with Gasteiger partial charge in [0, 0.05) is 33.5 Å². The number of nitrogens with zero attached hydrogens (tertiary/aromatic N) is 2. The maximum Gasteiger partial charge on any atom is 0.0541 e. The Kier molecular flexibility index (Phi) is 9.57. The van der Waals surface area contributed by atoms with Crippen molar-refractivity contribution in [3.63, 3.8) is 0 Å². The lowest BCUT2D eigenvalue weighted by atomic mass is 9.98. The first-order valence-corrected chi connectivity index (χ1v) is 21.2. The Bertz CT molecular complexity index is 3190. The minimum Gasteiger partial charge on any atom is -0.311 e. The molecule has 62 heavy (non-hydrogen) atoms. The van der Waals surface area contributed by atoms with Gasteiger partial charge in [-0.25, -0.2) is 0 Å². The van der Waals surface area contributed by atoms with Gasteiger partial charge in [-0.3, -0.25) is 0 Å². The van der Waals surface area contributed by atoms with Gasteiger partial charge < -0.3 is 9.47 Å². The average Bonchev–Trinajstić information content (AvgIpc) is 3.69. The number of fused-ring (bicyclic) bond motifs is 3. The van der Waals surface area contributed by atoms with Gasteiger partial charge in [0.05, 0.1) is 11.0 Å². The van der Waals surface area contributed by atoms with Crippen LogP contribution in [0.15, 0.2) is 255 Å². The molecule has 0 bridgehead atoms. The summed E-state index contributed by atoms with van der Waals surface area (Å²) in [6.45, 7) is 0. The molecular weight excluding hydrogens is 749 g/mol. The molecule has 0 aliphatic heterocycles. The third-order valence-corrected chi connectivity index (χ3v) is 12.0. The number of hydrogen-bond donors (Lipinski definition) is 0. The van der Waals surface area contributed by atoms with Gasteiger partial charge in [-0.15, -0.1) is 0 Å². The SMILES string of the molecule is c1ccc(-c2ccc(N(c3ccc(-c4ccccc4)cc3)c3ccc(-c4cccc(-c5ccc(-n6c7ccccc7c7cc(-c8ccccc8)ccc76)cc5)c4)cc3)cc2)cc1. The van der Waals surface area contributed by atoms with Gasteiger partial charge in [0.15, 0.2) is 0 Å². The van der Waals surface area contributed by atoms with E-state index in [1.807, 2.05) is 0 Å². The highest BCUT2D eigenvalue weighted by atomic mass is 15.1. The summed E-state index contributed by atoms with van der Waals surface area (Å²) in [5.74, 6) is 0. The zero-order valence-corrected chi connectivity index (χ0v) is 34.1. The molecule has 2 heteroatoms. The molecule has 0 aliphatic rings. The maximum absolute atomic E-state index is 2.39. The van der Waals surface area contributed by atoms with Crippen molar-refractivity contribution in [2.24, 2.45) is 0 Å². The van der Waals surface area contributed by atoms with Crippen LogP contribution in [0.4, 0.5) is 17.1 Å². The van der Waals surface area contributed by atoms with Crippen LogP contribution < -0.4 is 4.90 Å². The van der Waals surface area contributed by atoms with Crippen molar-refractivity contribution in [2.75, 3.05) is 4.90 Å². The Labute approximate surface area is 362 Å². The van der Waals surface area contributed by atoms with Crippen molar-refractivity contribution in [3.8, 4) is 61.3 Å². The lowest BCUT2D eigenvalue weighted by Crippen LogP contribution is -2.09. The van der Waals surface area contributed by atoms with E-state index in [0.29, 0.717) is 0 Å². The van der Waals surface area contributed by atoms with Crippen LogP contribution in [-0.4, -0.2) is 4.57 Å². The molecule has 0 unspecified atom stereocenters. The van der Waals surface area contributed by atoms with Crippen LogP contribution in [0.25, 0.3) is 83.1 Å². The molecule has 1 aromatic heterocycles. The molecule has 11 rings (SSSR count). The zero-order chi connectivity index (χ0) is 41.2. The topological polar surface area (TPSA) is 8.17 Å². The second kappa shape index (κ2) is 16.1. The van der Waals surface area contributed by atoms with E-state index >= 15 is 0 Å². The molecular formula is C60H42N2. The van der Waals surface area contributed by atoms with E-state index < -0.39 is 0 Å². The van der Waals surface area contributed by atoms with Gasteiger partial charge >= 0.3 is 0 Å². The molecule has 0 amide bonds. The third kappa shape index (κ3) is 7.04. The van der Waals surface area contributed by atoms with Crippen molar-refractivity contribution in [3.05, 3.63) is 255 Å². The summed E-state index contributed by atoms with van der Waals surface area (Å²) in [5.41, 5.74) is 18.9. The van der Waals surface area contributed by atoms with Crippen molar-refractivity contribution >= 4 is 38.9 Å². The van der Waals surface area contributed by atoms with Gasteiger partial charge in [-0.2, -0.15) is 0 Å². The second-order valence-electron chi connectivity index (χ2n) is 15.8. The predicted octanol–water partition coefficient (Wildman–Crippen LogP) is 16.6. The summed E-state index contributed by atoms with van der Waals surface area (Å²) >= 11 is 0. The number of anilines is 3. The summed E-state index contributed by atoms with van der Waals surface area (Å²) in [6.07, 6.45) is 0. The van der Waals surface area contributed by atoms with Crippen LogP contribution in [0.5, 0.6) is 0 Å². The summed E-state index contributed by atoms with van der Waals surface area (Å²) in [5, 5.41) is 2.52. The Hall–Kier alpha value is -8.20. The highest BCUT2D eigenvalue weighted by molar-refractivity contribution is 6.10. The number of benzene rings is 10. The minimum atomic E-state index is 1.10. The molecule has 0 fully saturated rings. The normalized spacial score (nSPS) is 11.2. The second-order valence-corrected chi connectivity index (χ2v) is 15.8. The minimum absolute atomic E-state index is 1.10. The molecule has 1 heterocycles. The van der Waals surface area contributed by atoms with E-state index in [2.05, 4.69) is 264 Å². The van der Waals surface area contributed by atoms with Crippen LogP contribution in [0.3, 0.4) is 0 Å². The number of para-hydroxylation sites is 1.